The van der Waals surface area contributed by atoms with Gasteiger partial charge in [-0.05, 0) is 6.42 Å². The molecule has 1 aliphatic rings. The van der Waals surface area contributed by atoms with E-state index < -0.39 is 0 Å². The lowest BCUT2D eigenvalue weighted by Crippen LogP contribution is -2.30. The summed E-state index contributed by atoms with van der Waals surface area (Å²) in [6, 6.07) is 1.37. The summed E-state index contributed by atoms with van der Waals surface area (Å²) in [5, 5.41) is 3.54. The second-order valence-electron chi connectivity index (χ2n) is 3.95. The Bertz CT molecular complexity index is 472. The monoisotopic (exact) mass is 253 g/mol. The van der Waals surface area contributed by atoms with E-state index in [9.17, 15) is 9.59 Å². The van der Waals surface area contributed by atoms with Gasteiger partial charge >= 0.3 is 0 Å². The highest BCUT2D eigenvalue weighted by molar-refractivity contribution is 7.99. The first kappa shape index (κ1) is 12.2. The van der Waals surface area contributed by atoms with Gasteiger partial charge in [0, 0.05) is 31.0 Å². The topological polar surface area (TPSA) is 64.0 Å². The van der Waals surface area contributed by atoms with E-state index in [2.05, 4.69) is 10.3 Å². The van der Waals surface area contributed by atoms with Crippen LogP contribution in [0.2, 0.25) is 0 Å². The van der Waals surface area contributed by atoms with Gasteiger partial charge in [-0.25, -0.2) is 4.98 Å². The van der Waals surface area contributed by atoms with Gasteiger partial charge in [-0.1, -0.05) is 18.7 Å². The molecule has 0 aliphatic carbocycles. The smallest absolute Gasteiger partial charge is 0.254 e. The number of carbonyl (C=O) groups excluding carboxylic acids is 1. The van der Waals surface area contributed by atoms with E-state index in [0.29, 0.717) is 18.1 Å². The quantitative estimate of drug-likeness (QED) is 0.806. The molecule has 2 rings (SSSR count). The van der Waals surface area contributed by atoms with Crippen molar-refractivity contribution in [2.45, 2.75) is 31.0 Å². The van der Waals surface area contributed by atoms with Crippen molar-refractivity contribution in [1.82, 2.24) is 14.9 Å². The molecule has 17 heavy (non-hydrogen) atoms. The van der Waals surface area contributed by atoms with E-state index in [0.717, 1.165) is 12.2 Å². The number of thioether (sulfide) groups is 1. The summed E-state index contributed by atoms with van der Waals surface area (Å²) in [6.45, 7) is 2.70. The molecule has 1 aromatic rings. The Labute approximate surface area is 104 Å². The van der Waals surface area contributed by atoms with Crippen molar-refractivity contribution in [2.75, 3.05) is 12.3 Å². The van der Waals surface area contributed by atoms with Gasteiger partial charge in [0.1, 0.15) is 0 Å². The lowest BCUT2D eigenvalue weighted by molar-refractivity contribution is -0.121. The minimum absolute atomic E-state index is 0.000975. The standard InChI is InChI=1S/C11H15N3O2S/c1-2-4-12-9(15)6-8-7-17-11-13-5-3-10(16)14(8)11/h3,5,8H,2,4,6-7H2,1H3,(H,12,15). The lowest BCUT2D eigenvalue weighted by Gasteiger charge is -2.12. The second-order valence-corrected chi connectivity index (χ2v) is 4.94. The third kappa shape index (κ3) is 2.69. The van der Waals surface area contributed by atoms with Crippen molar-refractivity contribution < 1.29 is 4.79 Å². The lowest BCUT2D eigenvalue weighted by atomic mass is 10.2. The second kappa shape index (κ2) is 5.35. The zero-order valence-corrected chi connectivity index (χ0v) is 10.5. The Balaban J connectivity index is 2.07. The van der Waals surface area contributed by atoms with Crippen molar-refractivity contribution in [3.05, 3.63) is 22.6 Å². The molecule has 0 aromatic carbocycles. The Kier molecular flexibility index (Phi) is 3.83. The predicted octanol–water partition coefficient (Wildman–Crippen LogP) is 0.806. The molecule has 1 aromatic heterocycles. The van der Waals surface area contributed by atoms with E-state index in [1.54, 1.807) is 4.57 Å². The van der Waals surface area contributed by atoms with Gasteiger partial charge in [0.15, 0.2) is 5.16 Å². The summed E-state index contributed by atoms with van der Waals surface area (Å²) in [5.74, 6) is 0.743. The number of nitrogens with one attached hydrogen (secondary N) is 1. The number of carbonyl (C=O) groups is 1. The largest absolute Gasteiger partial charge is 0.356 e. The maximum absolute atomic E-state index is 11.7. The molecule has 6 heteroatoms. The minimum Gasteiger partial charge on any atom is -0.356 e. The normalized spacial score (nSPS) is 17.8. The van der Waals surface area contributed by atoms with Crippen LogP contribution in [0.3, 0.4) is 0 Å². The van der Waals surface area contributed by atoms with E-state index in [1.165, 1.54) is 24.0 Å². The minimum atomic E-state index is -0.0757. The van der Waals surface area contributed by atoms with Crippen molar-refractivity contribution in [3.63, 3.8) is 0 Å². The molecule has 92 valence electrons. The number of amides is 1. The van der Waals surface area contributed by atoms with Gasteiger partial charge in [0.25, 0.3) is 5.56 Å². The fourth-order valence-electron chi connectivity index (χ4n) is 1.79. The summed E-state index contributed by atoms with van der Waals surface area (Å²) in [5.41, 5.74) is -0.0757. The zero-order valence-electron chi connectivity index (χ0n) is 9.68. The third-order valence-electron chi connectivity index (χ3n) is 2.61. The van der Waals surface area contributed by atoms with Crippen LogP contribution in [0.25, 0.3) is 0 Å². The summed E-state index contributed by atoms with van der Waals surface area (Å²) in [6.07, 6.45) is 2.79. The Hall–Kier alpha value is -1.30. The highest BCUT2D eigenvalue weighted by Gasteiger charge is 2.26. The number of fused-ring (bicyclic) bond motifs is 1. The first-order valence-electron chi connectivity index (χ1n) is 5.69. The molecule has 0 bridgehead atoms. The molecule has 1 amide bonds. The molecule has 5 nitrogen and oxygen atoms in total. The maximum Gasteiger partial charge on any atom is 0.254 e. The van der Waals surface area contributed by atoms with Crippen LogP contribution in [0.1, 0.15) is 25.8 Å². The van der Waals surface area contributed by atoms with Gasteiger partial charge in [0.05, 0.1) is 6.04 Å². The number of rotatable bonds is 4. The number of hydrogen-bond acceptors (Lipinski definition) is 4. The summed E-state index contributed by atoms with van der Waals surface area (Å²) >= 11 is 1.53. The molecule has 0 saturated heterocycles. The fourth-order valence-corrected chi connectivity index (χ4v) is 2.91. The first-order chi connectivity index (χ1) is 8.22. The molecule has 0 spiro atoms. The molecule has 1 unspecified atom stereocenters. The van der Waals surface area contributed by atoms with Crippen molar-refractivity contribution >= 4 is 17.7 Å². The maximum atomic E-state index is 11.7. The zero-order chi connectivity index (χ0) is 12.3. The summed E-state index contributed by atoms with van der Waals surface area (Å²) in [7, 11) is 0. The number of aromatic nitrogens is 2. The molecule has 0 radical (unpaired) electrons. The van der Waals surface area contributed by atoms with Crippen LogP contribution in [0.4, 0.5) is 0 Å². The summed E-state index contributed by atoms with van der Waals surface area (Å²) in [4.78, 5) is 27.5. The third-order valence-corrected chi connectivity index (χ3v) is 3.72. The van der Waals surface area contributed by atoms with Crippen LogP contribution in [-0.2, 0) is 4.79 Å². The van der Waals surface area contributed by atoms with Gasteiger partial charge < -0.3 is 5.32 Å². The highest BCUT2D eigenvalue weighted by Crippen LogP contribution is 2.31. The number of hydrogen-bond donors (Lipinski definition) is 1. The molecular formula is C11H15N3O2S. The average molecular weight is 253 g/mol. The molecule has 1 aliphatic heterocycles. The molecular weight excluding hydrogens is 238 g/mol. The Morgan fingerprint density at radius 3 is 3.29 bits per heavy atom. The van der Waals surface area contributed by atoms with Gasteiger partial charge in [0.2, 0.25) is 5.91 Å². The molecule has 0 fully saturated rings. The van der Waals surface area contributed by atoms with Gasteiger partial charge in [-0.2, -0.15) is 0 Å². The van der Waals surface area contributed by atoms with Crippen LogP contribution >= 0.6 is 11.8 Å². The molecule has 0 saturated carbocycles. The highest BCUT2D eigenvalue weighted by atomic mass is 32.2. The predicted molar refractivity (Wildman–Crippen MR) is 66.2 cm³/mol. The van der Waals surface area contributed by atoms with E-state index in [1.807, 2.05) is 6.92 Å². The molecule has 2 heterocycles. The van der Waals surface area contributed by atoms with Crippen LogP contribution in [0.15, 0.2) is 22.2 Å². The first-order valence-corrected chi connectivity index (χ1v) is 6.68. The van der Waals surface area contributed by atoms with Gasteiger partial charge in [-0.3, -0.25) is 14.2 Å². The van der Waals surface area contributed by atoms with Crippen LogP contribution in [-0.4, -0.2) is 27.8 Å². The molecule has 1 N–H and O–H groups in total. The van der Waals surface area contributed by atoms with Gasteiger partial charge in [-0.15, -0.1) is 0 Å². The summed E-state index contributed by atoms with van der Waals surface area (Å²) < 4.78 is 1.62. The fraction of sp³-hybridized carbons (Fsp3) is 0.545. The SMILES string of the molecule is CCCNC(=O)CC1CSc2nccc(=O)n21. The van der Waals surface area contributed by atoms with Crippen molar-refractivity contribution in [3.8, 4) is 0 Å². The van der Waals surface area contributed by atoms with E-state index in [4.69, 9.17) is 0 Å². The average Bonchev–Trinajstić information content (AvgIpc) is 2.71. The van der Waals surface area contributed by atoms with Crippen molar-refractivity contribution in [2.24, 2.45) is 0 Å². The van der Waals surface area contributed by atoms with Crippen LogP contribution < -0.4 is 10.9 Å². The van der Waals surface area contributed by atoms with Crippen LogP contribution in [0.5, 0.6) is 0 Å². The Morgan fingerprint density at radius 2 is 2.53 bits per heavy atom. The Morgan fingerprint density at radius 1 is 1.71 bits per heavy atom. The van der Waals surface area contributed by atoms with E-state index in [-0.39, 0.29) is 17.5 Å². The van der Waals surface area contributed by atoms with E-state index >= 15 is 0 Å². The number of nitrogens with zero attached hydrogens (tertiary/aromatic N) is 2. The van der Waals surface area contributed by atoms with Crippen molar-refractivity contribution in [1.29, 1.82) is 0 Å². The van der Waals surface area contributed by atoms with Crippen LogP contribution in [0, 0.1) is 0 Å². The molecule has 1 atom stereocenters.